The van der Waals surface area contributed by atoms with Crippen molar-refractivity contribution >= 4 is 18.1 Å². The summed E-state index contributed by atoms with van der Waals surface area (Å²) >= 11 is 0. The molecular weight excluding hydrogens is 264 g/mol. The number of carbonyl (C=O) groups is 3. The summed E-state index contributed by atoms with van der Waals surface area (Å²) in [4.78, 5) is 31.4. The van der Waals surface area contributed by atoms with Gasteiger partial charge in [0.05, 0.1) is 7.11 Å². The van der Waals surface area contributed by atoms with Crippen LogP contribution in [0.1, 0.15) is 65.2 Å². The molecule has 118 valence electrons. The quantitative estimate of drug-likeness (QED) is 0.418. The zero-order chi connectivity index (χ0) is 15.8. The lowest BCUT2D eigenvalue weighted by Gasteiger charge is -2.02. The Hall–Kier alpha value is -1.59. The van der Waals surface area contributed by atoms with Gasteiger partial charge in [-0.25, -0.2) is 4.79 Å². The minimum absolute atomic E-state index is 0.368. The van der Waals surface area contributed by atoms with Crippen LogP contribution in [-0.4, -0.2) is 30.3 Å². The van der Waals surface area contributed by atoms with Gasteiger partial charge in [-0.2, -0.15) is 0 Å². The van der Waals surface area contributed by atoms with Crippen LogP contribution in [0.25, 0.3) is 0 Å². The number of rotatable bonds is 8. The Balaban J connectivity index is 0. The summed E-state index contributed by atoms with van der Waals surface area (Å²) in [6, 6.07) is 0. The smallest absolute Gasteiger partial charge is 0.450 e. The minimum atomic E-state index is -1.25. The standard InChI is InChI=1S/C12H22O3.C2H4O3/c1-3-5-7-9-11(13)15-12(14)10-8-6-4-2;1-5-2(3)4/h3-10H2,1-2H3;1H3,(H,3,4). The minimum Gasteiger partial charge on any atom is -0.450 e. The predicted molar refractivity (Wildman–Crippen MR) is 74.4 cm³/mol. The fourth-order valence-corrected chi connectivity index (χ4v) is 1.27. The first-order chi connectivity index (χ1) is 9.47. The van der Waals surface area contributed by atoms with Crippen LogP contribution >= 0.6 is 0 Å². The lowest BCUT2D eigenvalue weighted by molar-refractivity contribution is -0.159. The molecule has 0 aromatic heterocycles. The van der Waals surface area contributed by atoms with Crippen LogP contribution in [0.4, 0.5) is 4.79 Å². The number of unbranched alkanes of at least 4 members (excludes halogenated alkanes) is 4. The van der Waals surface area contributed by atoms with Gasteiger partial charge in [0, 0.05) is 12.8 Å². The van der Waals surface area contributed by atoms with Crippen molar-refractivity contribution in [1.82, 2.24) is 0 Å². The Morgan fingerprint density at radius 3 is 1.45 bits per heavy atom. The summed E-state index contributed by atoms with van der Waals surface area (Å²) in [5, 5.41) is 7.50. The Morgan fingerprint density at radius 2 is 1.20 bits per heavy atom. The molecule has 0 aliphatic carbocycles. The van der Waals surface area contributed by atoms with Crippen molar-refractivity contribution in [1.29, 1.82) is 0 Å². The predicted octanol–water partition coefficient (Wildman–Crippen LogP) is 3.53. The molecule has 20 heavy (non-hydrogen) atoms. The van der Waals surface area contributed by atoms with Gasteiger partial charge in [-0.1, -0.05) is 39.5 Å². The van der Waals surface area contributed by atoms with E-state index in [1.165, 1.54) is 0 Å². The molecule has 6 nitrogen and oxygen atoms in total. The van der Waals surface area contributed by atoms with E-state index in [2.05, 4.69) is 23.3 Å². The molecule has 0 saturated carbocycles. The van der Waals surface area contributed by atoms with Crippen LogP contribution in [0.15, 0.2) is 0 Å². The molecule has 1 N–H and O–H groups in total. The van der Waals surface area contributed by atoms with E-state index < -0.39 is 6.16 Å². The van der Waals surface area contributed by atoms with E-state index in [0.29, 0.717) is 12.8 Å². The first kappa shape index (κ1) is 20.7. The van der Waals surface area contributed by atoms with E-state index in [4.69, 9.17) is 9.90 Å². The normalized spacial score (nSPS) is 9.15. The second-order valence-corrected chi connectivity index (χ2v) is 4.23. The van der Waals surface area contributed by atoms with Gasteiger partial charge in [0.15, 0.2) is 0 Å². The van der Waals surface area contributed by atoms with Crippen LogP contribution in [-0.2, 0) is 19.1 Å². The maximum atomic E-state index is 11.1. The van der Waals surface area contributed by atoms with Crippen molar-refractivity contribution in [2.24, 2.45) is 0 Å². The first-order valence-corrected chi connectivity index (χ1v) is 6.98. The lowest BCUT2D eigenvalue weighted by atomic mass is 10.2. The van der Waals surface area contributed by atoms with Crippen LogP contribution in [0, 0.1) is 0 Å². The Labute approximate surface area is 120 Å². The van der Waals surface area contributed by atoms with Gasteiger partial charge in [0.1, 0.15) is 0 Å². The molecule has 0 aliphatic rings. The second kappa shape index (κ2) is 15.5. The van der Waals surface area contributed by atoms with E-state index in [-0.39, 0.29) is 11.9 Å². The molecule has 0 heterocycles. The number of carboxylic acid groups (broad SMARTS) is 1. The van der Waals surface area contributed by atoms with Crippen LogP contribution in [0.5, 0.6) is 0 Å². The average Bonchev–Trinajstić information content (AvgIpc) is 2.40. The fourth-order valence-electron chi connectivity index (χ4n) is 1.27. The van der Waals surface area contributed by atoms with Crippen molar-refractivity contribution in [2.45, 2.75) is 65.2 Å². The molecule has 0 saturated heterocycles. The van der Waals surface area contributed by atoms with E-state index >= 15 is 0 Å². The van der Waals surface area contributed by atoms with E-state index in [0.717, 1.165) is 45.6 Å². The van der Waals surface area contributed by atoms with Crippen molar-refractivity contribution < 1.29 is 29.0 Å². The third-order valence-electron chi connectivity index (χ3n) is 2.37. The number of hydrogen-bond donors (Lipinski definition) is 1. The molecule has 6 heteroatoms. The molecule has 0 amide bonds. The van der Waals surface area contributed by atoms with Crippen LogP contribution < -0.4 is 0 Å². The zero-order valence-corrected chi connectivity index (χ0v) is 12.6. The number of carbonyl (C=O) groups excluding carboxylic acids is 2. The maximum Gasteiger partial charge on any atom is 0.505 e. The first-order valence-electron chi connectivity index (χ1n) is 6.98. The number of esters is 2. The number of methoxy groups -OCH3 is 1. The monoisotopic (exact) mass is 290 g/mol. The molecule has 0 bridgehead atoms. The fraction of sp³-hybridized carbons (Fsp3) is 0.786. The topological polar surface area (TPSA) is 89.9 Å². The lowest BCUT2D eigenvalue weighted by Crippen LogP contribution is -2.11. The van der Waals surface area contributed by atoms with E-state index in [9.17, 15) is 9.59 Å². The summed E-state index contributed by atoms with van der Waals surface area (Å²) < 4.78 is 8.33. The molecule has 0 unspecified atom stereocenters. The highest BCUT2D eigenvalue weighted by atomic mass is 16.6. The Bertz CT molecular complexity index is 255. The van der Waals surface area contributed by atoms with Crippen molar-refractivity contribution in [3.8, 4) is 0 Å². The third kappa shape index (κ3) is 18.8. The van der Waals surface area contributed by atoms with Gasteiger partial charge in [0.25, 0.3) is 0 Å². The van der Waals surface area contributed by atoms with Gasteiger partial charge >= 0.3 is 18.1 Å². The largest absolute Gasteiger partial charge is 0.505 e. The van der Waals surface area contributed by atoms with Crippen LogP contribution in [0.2, 0.25) is 0 Å². The summed E-state index contributed by atoms with van der Waals surface area (Å²) in [6.07, 6.45) is 5.29. The van der Waals surface area contributed by atoms with Gasteiger partial charge in [-0.05, 0) is 12.8 Å². The van der Waals surface area contributed by atoms with Gasteiger partial charge < -0.3 is 14.6 Å². The second-order valence-electron chi connectivity index (χ2n) is 4.23. The van der Waals surface area contributed by atoms with Crippen molar-refractivity contribution in [3.63, 3.8) is 0 Å². The molecule has 0 radical (unpaired) electrons. The molecule has 0 aliphatic heterocycles. The van der Waals surface area contributed by atoms with Gasteiger partial charge in [-0.3, -0.25) is 9.59 Å². The number of hydrogen-bond acceptors (Lipinski definition) is 5. The third-order valence-corrected chi connectivity index (χ3v) is 2.37. The highest BCUT2D eigenvalue weighted by molar-refractivity contribution is 5.85. The van der Waals surface area contributed by atoms with Crippen molar-refractivity contribution in [3.05, 3.63) is 0 Å². The molecule has 0 aromatic rings. The highest BCUT2D eigenvalue weighted by Gasteiger charge is 2.09. The molecule has 0 fully saturated rings. The van der Waals surface area contributed by atoms with Crippen LogP contribution in [0.3, 0.4) is 0 Å². The summed E-state index contributed by atoms with van der Waals surface area (Å²) in [5.74, 6) is -0.741. The average molecular weight is 290 g/mol. The number of ether oxygens (including phenoxy) is 2. The SMILES string of the molecule is CCCCCC(=O)OC(=O)CCCCC.COC(=O)O. The molecule has 0 spiro atoms. The van der Waals surface area contributed by atoms with Gasteiger partial charge in [-0.15, -0.1) is 0 Å². The van der Waals surface area contributed by atoms with Crippen molar-refractivity contribution in [2.75, 3.05) is 7.11 Å². The summed E-state index contributed by atoms with van der Waals surface area (Å²) in [5.41, 5.74) is 0. The summed E-state index contributed by atoms with van der Waals surface area (Å²) in [6.45, 7) is 4.14. The Morgan fingerprint density at radius 1 is 0.850 bits per heavy atom. The van der Waals surface area contributed by atoms with E-state index in [1.807, 2.05) is 0 Å². The van der Waals surface area contributed by atoms with Gasteiger partial charge in [0.2, 0.25) is 0 Å². The molecular formula is C14H26O6. The molecule has 0 aromatic carbocycles. The Kier molecular flexibility index (Phi) is 16.0. The zero-order valence-electron chi connectivity index (χ0n) is 12.6. The maximum absolute atomic E-state index is 11.1. The highest BCUT2D eigenvalue weighted by Crippen LogP contribution is 2.04. The summed E-state index contributed by atoms with van der Waals surface area (Å²) in [7, 11) is 1.10. The molecule has 0 atom stereocenters. The molecule has 0 rings (SSSR count). The van der Waals surface area contributed by atoms with E-state index in [1.54, 1.807) is 0 Å².